The van der Waals surface area contributed by atoms with E-state index in [-0.39, 0.29) is 29.6 Å². The van der Waals surface area contributed by atoms with Crippen LogP contribution in [-0.4, -0.2) is 25.5 Å². The molecule has 0 saturated carbocycles. The Balaban J connectivity index is 1.73. The van der Waals surface area contributed by atoms with Crippen LogP contribution in [0.2, 0.25) is 0 Å². The lowest BCUT2D eigenvalue weighted by Gasteiger charge is -2.23. The van der Waals surface area contributed by atoms with Crippen LogP contribution in [-0.2, 0) is 15.0 Å². The van der Waals surface area contributed by atoms with Gasteiger partial charge in [-0.25, -0.2) is 0 Å². The summed E-state index contributed by atoms with van der Waals surface area (Å²) in [6.45, 7) is 6.72. The van der Waals surface area contributed by atoms with Crippen LogP contribution in [0.3, 0.4) is 0 Å². The first-order chi connectivity index (χ1) is 12.8. The Hall–Kier alpha value is -2.82. The highest BCUT2D eigenvalue weighted by Crippen LogP contribution is 2.31. The van der Waals surface area contributed by atoms with E-state index in [0.717, 1.165) is 22.7 Å². The van der Waals surface area contributed by atoms with E-state index >= 15 is 0 Å². The number of nitrogens with zero attached hydrogens (tertiary/aromatic N) is 1. The lowest BCUT2D eigenvalue weighted by molar-refractivity contribution is -0.122. The number of ether oxygens (including phenoxy) is 1. The van der Waals surface area contributed by atoms with Gasteiger partial charge in [0.25, 0.3) is 0 Å². The number of benzene rings is 2. The van der Waals surface area contributed by atoms with Crippen LogP contribution in [0.1, 0.15) is 32.8 Å². The van der Waals surface area contributed by atoms with Crippen LogP contribution < -0.4 is 15.0 Å². The highest BCUT2D eigenvalue weighted by Gasteiger charge is 2.35. The van der Waals surface area contributed by atoms with Gasteiger partial charge < -0.3 is 15.0 Å². The lowest BCUT2D eigenvalue weighted by atomic mass is 9.85. The molecule has 1 aliphatic rings. The average molecular weight is 366 g/mol. The molecule has 0 bridgehead atoms. The number of nitrogens with one attached hydrogen (secondary N) is 1. The molecule has 0 aliphatic carbocycles. The van der Waals surface area contributed by atoms with E-state index in [4.69, 9.17) is 4.74 Å². The number of methoxy groups -OCH3 is 1. The number of carbonyl (C=O) groups is 2. The second-order valence-corrected chi connectivity index (χ2v) is 7.89. The van der Waals surface area contributed by atoms with Crippen molar-refractivity contribution in [3.63, 3.8) is 0 Å². The monoisotopic (exact) mass is 366 g/mol. The molecule has 5 heteroatoms. The van der Waals surface area contributed by atoms with Crippen LogP contribution in [0, 0.1) is 5.92 Å². The van der Waals surface area contributed by atoms with Gasteiger partial charge in [-0.05, 0) is 41.3 Å². The maximum Gasteiger partial charge on any atom is 0.229 e. The Morgan fingerprint density at radius 2 is 1.78 bits per heavy atom. The zero-order valence-corrected chi connectivity index (χ0v) is 16.3. The third-order valence-corrected chi connectivity index (χ3v) is 4.87. The van der Waals surface area contributed by atoms with Gasteiger partial charge in [0.1, 0.15) is 5.75 Å². The quantitative estimate of drug-likeness (QED) is 0.890. The summed E-state index contributed by atoms with van der Waals surface area (Å²) in [5.74, 6) is 0.214. The highest BCUT2D eigenvalue weighted by molar-refractivity contribution is 6.03. The summed E-state index contributed by atoms with van der Waals surface area (Å²) in [6, 6.07) is 15.1. The van der Waals surface area contributed by atoms with Crippen LogP contribution in [0.25, 0.3) is 0 Å². The molecule has 0 aromatic heterocycles. The third kappa shape index (κ3) is 4.13. The van der Waals surface area contributed by atoms with Crippen molar-refractivity contribution in [1.82, 2.24) is 0 Å². The smallest absolute Gasteiger partial charge is 0.229 e. The summed E-state index contributed by atoms with van der Waals surface area (Å²) in [4.78, 5) is 26.9. The van der Waals surface area contributed by atoms with E-state index in [2.05, 4.69) is 26.1 Å². The van der Waals surface area contributed by atoms with Crippen molar-refractivity contribution >= 4 is 23.2 Å². The van der Waals surface area contributed by atoms with Gasteiger partial charge in [-0.2, -0.15) is 0 Å². The summed E-state index contributed by atoms with van der Waals surface area (Å²) >= 11 is 0. The SMILES string of the molecule is COc1ccc(N2C[C@H](C(=O)Nc3ccccc3C(C)(C)C)CC2=O)cc1. The van der Waals surface area contributed by atoms with Crippen molar-refractivity contribution in [3.8, 4) is 5.75 Å². The van der Waals surface area contributed by atoms with Gasteiger partial charge in [-0.15, -0.1) is 0 Å². The fourth-order valence-electron chi connectivity index (χ4n) is 3.38. The standard InChI is InChI=1S/C22H26N2O3/c1-22(2,3)18-7-5-6-8-19(18)23-21(26)15-13-20(25)24(14-15)16-9-11-17(27-4)12-10-16/h5-12,15H,13-14H2,1-4H3,(H,23,26)/t15-/m1/s1. The van der Waals surface area contributed by atoms with E-state index in [1.807, 2.05) is 48.5 Å². The van der Waals surface area contributed by atoms with E-state index in [9.17, 15) is 9.59 Å². The van der Waals surface area contributed by atoms with Crippen LogP contribution in [0.4, 0.5) is 11.4 Å². The van der Waals surface area contributed by atoms with Gasteiger partial charge in [0.15, 0.2) is 0 Å². The Kier molecular flexibility index (Phi) is 5.22. The van der Waals surface area contributed by atoms with Crippen molar-refractivity contribution in [2.24, 2.45) is 5.92 Å². The first-order valence-electron chi connectivity index (χ1n) is 9.14. The average Bonchev–Trinajstić information content (AvgIpc) is 3.03. The van der Waals surface area contributed by atoms with Crippen LogP contribution in [0.5, 0.6) is 5.75 Å². The zero-order valence-electron chi connectivity index (χ0n) is 16.3. The number of hydrogen-bond acceptors (Lipinski definition) is 3. The fourth-order valence-corrected chi connectivity index (χ4v) is 3.38. The summed E-state index contributed by atoms with van der Waals surface area (Å²) < 4.78 is 5.16. The summed E-state index contributed by atoms with van der Waals surface area (Å²) in [6.07, 6.45) is 0.218. The lowest BCUT2D eigenvalue weighted by Crippen LogP contribution is -2.28. The normalized spacial score (nSPS) is 17.1. The number of amides is 2. The molecule has 0 spiro atoms. The Morgan fingerprint density at radius 3 is 2.41 bits per heavy atom. The molecule has 142 valence electrons. The molecule has 2 aromatic carbocycles. The third-order valence-electron chi connectivity index (χ3n) is 4.87. The molecule has 1 N–H and O–H groups in total. The first kappa shape index (κ1) is 19.0. The van der Waals surface area contributed by atoms with Crippen LogP contribution >= 0.6 is 0 Å². The molecule has 0 unspecified atom stereocenters. The van der Waals surface area contributed by atoms with Gasteiger partial charge in [0, 0.05) is 24.3 Å². The van der Waals surface area contributed by atoms with Crippen molar-refractivity contribution < 1.29 is 14.3 Å². The molecule has 1 heterocycles. The second-order valence-electron chi connectivity index (χ2n) is 7.89. The number of anilines is 2. The Bertz CT molecular complexity index is 837. The largest absolute Gasteiger partial charge is 0.497 e. The predicted octanol–water partition coefficient (Wildman–Crippen LogP) is 3.98. The number of carbonyl (C=O) groups excluding carboxylic acids is 2. The topological polar surface area (TPSA) is 58.6 Å². The van der Waals surface area contributed by atoms with Crippen molar-refractivity contribution in [1.29, 1.82) is 0 Å². The highest BCUT2D eigenvalue weighted by atomic mass is 16.5. The zero-order chi connectivity index (χ0) is 19.6. The number of hydrogen-bond donors (Lipinski definition) is 1. The van der Waals surface area contributed by atoms with Gasteiger partial charge >= 0.3 is 0 Å². The maximum absolute atomic E-state index is 12.8. The van der Waals surface area contributed by atoms with E-state index in [0.29, 0.717) is 6.54 Å². The molecule has 1 saturated heterocycles. The molecule has 5 nitrogen and oxygen atoms in total. The predicted molar refractivity (Wildman–Crippen MR) is 107 cm³/mol. The minimum atomic E-state index is -0.368. The molecular formula is C22H26N2O3. The molecule has 27 heavy (non-hydrogen) atoms. The van der Waals surface area contributed by atoms with Crippen molar-refractivity contribution in [2.45, 2.75) is 32.6 Å². The van der Waals surface area contributed by atoms with Crippen molar-refractivity contribution in [2.75, 3.05) is 23.9 Å². The Morgan fingerprint density at radius 1 is 1.11 bits per heavy atom. The van der Waals surface area contributed by atoms with Gasteiger partial charge in [0.2, 0.25) is 11.8 Å². The molecule has 2 amide bonds. The molecular weight excluding hydrogens is 340 g/mol. The van der Waals surface area contributed by atoms with E-state index in [1.54, 1.807) is 12.0 Å². The van der Waals surface area contributed by atoms with Gasteiger partial charge in [-0.3, -0.25) is 9.59 Å². The van der Waals surface area contributed by atoms with E-state index < -0.39 is 0 Å². The minimum absolute atomic E-state index is 0.0376. The fraction of sp³-hybridized carbons (Fsp3) is 0.364. The second kappa shape index (κ2) is 7.43. The molecule has 1 fully saturated rings. The molecule has 3 rings (SSSR count). The molecule has 2 aromatic rings. The number of para-hydroxylation sites is 1. The minimum Gasteiger partial charge on any atom is -0.497 e. The van der Waals surface area contributed by atoms with Crippen LogP contribution in [0.15, 0.2) is 48.5 Å². The van der Waals surface area contributed by atoms with E-state index in [1.165, 1.54) is 0 Å². The summed E-state index contributed by atoms with van der Waals surface area (Å²) in [5.41, 5.74) is 2.59. The summed E-state index contributed by atoms with van der Waals surface area (Å²) in [7, 11) is 1.60. The number of rotatable bonds is 4. The molecule has 1 aliphatic heterocycles. The van der Waals surface area contributed by atoms with Gasteiger partial charge in [0.05, 0.1) is 13.0 Å². The summed E-state index contributed by atoms with van der Waals surface area (Å²) in [5, 5.41) is 3.03. The van der Waals surface area contributed by atoms with Crippen molar-refractivity contribution in [3.05, 3.63) is 54.1 Å². The maximum atomic E-state index is 12.8. The molecule has 0 radical (unpaired) electrons. The Labute approximate surface area is 160 Å². The first-order valence-corrected chi connectivity index (χ1v) is 9.14. The molecule has 1 atom stereocenters. The van der Waals surface area contributed by atoms with Gasteiger partial charge in [-0.1, -0.05) is 39.0 Å².